The van der Waals surface area contributed by atoms with Crippen molar-refractivity contribution in [2.75, 3.05) is 20.8 Å². The predicted molar refractivity (Wildman–Crippen MR) is 124 cm³/mol. The molecule has 0 bridgehead atoms. The van der Waals surface area contributed by atoms with Gasteiger partial charge in [0.05, 0.1) is 12.6 Å². The number of nitrogens with zero attached hydrogens (tertiary/aromatic N) is 1. The Kier molecular flexibility index (Phi) is 5.65. The third-order valence-electron chi connectivity index (χ3n) is 6.66. The molecule has 3 aromatic carbocycles. The van der Waals surface area contributed by atoms with Crippen molar-refractivity contribution in [3.8, 4) is 0 Å². The van der Waals surface area contributed by atoms with Crippen molar-refractivity contribution in [1.82, 2.24) is 4.90 Å². The van der Waals surface area contributed by atoms with Gasteiger partial charge in [0.25, 0.3) is 5.72 Å². The van der Waals surface area contributed by atoms with Crippen LogP contribution in [0, 0.1) is 0 Å². The van der Waals surface area contributed by atoms with Crippen LogP contribution in [0.25, 0.3) is 0 Å². The van der Waals surface area contributed by atoms with Crippen LogP contribution in [0.1, 0.15) is 23.1 Å². The molecular weight excluding hydrogens is 434 g/mol. The van der Waals surface area contributed by atoms with E-state index in [2.05, 4.69) is 0 Å². The first-order valence-electron chi connectivity index (χ1n) is 11.2. The lowest BCUT2D eigenvalue weighted by Crippen LogP contribution is -2.76. The van der Waals surface area contributed by atoms with Gasteiger partial charge in [-0.1, -0.05) is 91.0 Å². The number of carbonyl (C=O) groups is 1. The van der Waals surface area contributed by atoms with Gasteiger partial charge in [-0.05, 0) is 16.7 Å². The van der Waals surface area contributed by atoms with Crippen molar-refractivity contribution in [3.05, 3.63) is 108 Å². The predicted octanol–water partition coefficient (Wildman–Crippen LogP) is 3.85. The molecule has 0 aromatic heterocycles. The summed E-state index contributed by atoms with van der Waals surface area (Å²) in [6, 6.07) is 29.3. The Bertz CT molecular complexity index is 1040. The summed E-state index contributed by atoms with van der Waals surface area (Å²) in [5.41, 5.74) is -0.156. The minimum absolute atomic E-state index is 0.0782. The molecule has 0 radical (unpaired) electrons. The van der Waals surface area contributed by atoms with Crippen LogP contribution >= 0.6 is 0 Å². The van der Waals surface area contributed by atoms with Crippen molar-refractivity contribution in [3.63, 3.8) is 0 Å². The van der Waals surface area contributed by atoms with Gasteiger partial charge in [-0.3, -0.25) is 4.90 Å². The fourth-order valence-corrected chi connectivity index (χ4v) is 5.15. The third-order valence-corrected chi connectivity index (χ3v) is 6.66. The maximum absolute atomic E-state index is 12.3. The first kappa shape index (κ1) is 22.6. The number of aliphatic hydroxyl groups is 1. The molecule has 7 nitrogen and oxygen atoms in total. The van der Waals surface area contributed by atoms with E-state index in [4.69, 9.17) is 18.9 Å². The first-order chi connectivity index (χ1) is 16.5. The molecule has 2 unspecified atom stereocenters. The molecule has 1 amide bonds. The van der Waals surface area contributed by atoms with E-state index in [0.717, 1.165) is 16.7 Å². The van der Waals surface area contributed by atoms with Gasteiger partial charge in [0, 0.05) is 20.6 Å². The Morgan fingerprint density at radius 3 is 1.68 bits per heavy atom. The minimum Gasteiger partial charge on any atom is -0.413 e. The minimum atomic E-state index is -1.86. The standard InChI is InChI=1S/C27H27NO6/c1-31-27(32-2,25-18-23(29)19-28(25)24(30)33-25)34-26(20-12-6-3-7-13-20,21-14-8-4-9-15-21)22-16-10-5-11-17-22/h3-17,23,29H,18-19H2,1-2H3. The van der Waals surface area contributed by atoms with E-state index in [1.807, 2.05) is 91.0 Å². The van der Waals surface area contributed by atoms with Crippen LogP contribution in [0.15, 0.2) is 91.0 Å². The van der Waals surface area contributed by atoms with Gasteiger partial charge in [0.1, 0.15) is 5.60 Å². The molecule has 2 saturated heterocycles. The molecule has 5 rings (SSSR count). The summed E-state index contributed by atoms with van der Waals surface area (Å²) in [6.07, 6.45) is -1.28. The highest BCUT2D eigenvalue weighted by molar-refractivity contribution is 5.75. The van der Waals surface area contributed by atoms with Gasteiger partial charge >= 0.3 is 12.1 Å². The summed E-state index contributed by atoms with van der Waals surface area (Å²) in [5, 5.41) is 10.5. The molecule has 0 aliphatic carbocycles. The number of aliphatic hydroxyl groups excluding tert-OH is 1. The second-order valence-corrected chi connectivity index (χ2v) is 8.47. The third kappa shape index (κ3) is 3.16. The van der Waals surface area contributed by atoms with Crippen LogP contribution in [0.5, 0.6) is 0 Å². The van der Waals surface area contributed by atoms with Crippen LogP contribution in [0.3, 0.4) is 0 Å². The van der Waals surface area contributed by atoms with Crippen LogP contribution in [-0.4, -0.2) is 54.7 Å². The molecular formula is C27H27NO6. The molecule has 176 valence electrons. The fraction of sp³-hybridized carbons (Fsp3) is 0.296. The van der Waals surface area contributed by atoms with Crippen molar-refractivity contribution in [2.45, 2.75) is 29.8 Å². The number of hydrogen-bond donors (Lipinski definition) is 1. The number of amides is 1. The van der Waals surface area contributed by atoms with Gasteiger partial charge in [0.2, 0.25) is 0 Å². The Hall–Kier alpha value is -3.23. The number of hydrogen-bond acceptors (Lipinski definition) is 6. The lowest BCUT2D eigenvalue weighted by molar-refractivity contribution is -0.478. The van der Waals surface area contributed by atoms with Crippen molar-refractivity contribution >= 4 is 6.09 Å². The molecule has 2 aliphatic rings. The number of carbonyl (C=O) groups excluding carboxylic acids is 1. The average Bonchev–Trinajstić information content (AvgIpc) is 3.18. The van der Waals surface area contributed by atoms with Crippen LogP contribution < -0.4 is 0 Å². The maximum Gasteiger partial charge on any atom is 0.415 e. The van der Waals surface area contributed by atoms with E-state index in [0.29, 0.717) is 0 Å². The average molecular weight is 462 g/mol. The van der Waals surface area contributed by atoms with E-state index < -0.39 is 29.5 Å². The van der Waals surface area contributed by atoms with E-state index >= 15 is 0 Å². The molecule has 34 heavy (non-hydrogen) atoms. The number of methoxy groups -OCH3 is 2. The SMILES string of the molecule is COC(OC)(OC(c1ccccc1)(c1ccccc1)c1ccccc1)C12CC(O)CN1C(=O)O2. The summed E-state index contributed by atoms with van der Waals surface area (Å²) in [7, 11) is 2.89. The Labute approximate surface area is 198 Å². The highest BCUT2D eigenvalue weighted by Gasteiger charge is 2.75. The molecule has 2 fully saturated rings. The highest BCUT2D eigenvalue weighted by atomic mass is 16.9. The quantitative estimate of drug-likeness (QED) is 0.406. The van der Waals surface area contributed by atoms with Crippen LogP contribution in [-0.2, 0) is 24.5 Å². The monoisotopic (exact) mass is 461 g/mol. The Morgan fingerprint density at radius 1 is 0.853 bits per heavy atom. The summed E-state index contributed by atoms with van der Waals surface area (Å²) in [5.74, 6) is -1.86. The smallest absolute Gasteiger partial charge is 0.413 e. The number of rotatable bonds is 8. The molecule has 7 heteroatoms. The molecule has 1 N–H and O–H groups in total. The summed E-state index contributed by atoms with van der Waals surface area (Å²) < 4.78 is 24.6. The fourth-order valence-electron chi connectivity index (χ4n) is 5.15. The van der Waals surface area contributed by atoms with Crippen LogP contribution in [0.2, 0.25) is 0 Å². The van der Waals surface area contributed by atoms with Gasteiger partial charge in [-0.15, -0.1) is 0 Å². The topological polar surface area (TPSA) is 77.5 Å². The molecule has 0 saturated carbocycles. The molecule has 2 aliphatic heterocycles. The largest absolute Gasteiger partial charge is 0.415 e. The van der Waals surface area contributed by atoms with Crippen molar-refractivity contribution in [1.29, 1.82) is 0 Å². The summed E-state index contributed by atoms with van der Waals surface area (Å²) >= 11 is 0. The number of fused-ring (bicyclic) bond motifs is 1. The maximum atomic E-state index is 12.3. The second kappa shape index (κ2) is 8.52. The summed E-state index contributed by atoms with van der Waals surface area (Å²) in [6.45, 7) is 0.103. The second-order valence-electron chi connectivity index (χ2n) is 8.47. The molecule has 2 heterocycles. The molecule has 0 spiro atoms. The lowest BCUT2D eigenvalue weighted by atomic mass is 9.79. The number of benzene rings is 3. The normalized spacial score (nSPS) is 22.1. The Morgan fingerprint density at radius 2 is 1.29 bits per heavy atom. The first-order valence-corrected chi connectivity index (χ1v) is 11.2. The van der Waals surface area contributed by atoms with E-state index in [1.54, 1.807) is 0 Å². The van der Waals surface area contributed by atoms with Gasteiger partial charge < -0.3 is 24.1 Å². The van der Waals surface area contributed by atoms with E-state index in [9.17, 15) is 9.90 Å². The molecule has 3 aromatic rings. The van der Waals surface area contributed by atoms with Crippen molar-refractivity contribution in [2.24, 2.45) is 0 Å². The van der Waals surface area contributed by atoms with E-state index in [1.165, 1.54) is 19.1 Å². The van der Waals surface area contributed by atoms with E-state index in [-0.39, 0.29) is 13.0 Å². The Balaban J connectivity index is 1.76. The zero-order chi connectivity index (χ0) is 23.8. The number of ether oxygens (including phenoxy) is 4. The summed E-state index contributed by atoms with van der Waals surface area (Å²) in [4.78, 5) is 13.8. The zero-order valence-electron chi connectivity index (χ0n) is 19.1. The van der Waals surface area contributed by atoms with Crippen molar-refractivity contribution < 1.29 is 28.8 Å². The lowest BCUT2D eigenvalue weighted by Gasteiger charge is -2.56. The van der Waals surface area contributed by atoms with Crippen LogP contribution in [0.4, 0.5) is 4.79 Å². The van der Waals surface area contributed by atoms with Gasteiger partial charge in [-0.25, -0.2) is 4.79 Å². The van der Waals surface area contributed by atoms with Gasteiger partial charge in [0.15, 0.2) is 0 Å². The zero-order valence-corrected chi connectivity index (χ0v) is 19.1. The van der Waals surface area contributed by atoms with Gasteiger partial charge in [-0.2, -0.15) is 0 Å². The highest BCUT2D eigenvalue weighted by Crippen LogP contribution is 2.54. The molecule has 2 atom stereocenters.